The Morgan fingerprint density at radius 3 is 2.61 bits per heavy atom. The first kappa shape index (κ1) is 18.1. The van der Waals surface area contributed by atoms with Gasteiger partial charge in [0.2, 0.25) is 0 Å². The van der Waals surface area contributed by atoms with Gasteiger partial charge in [0.15, 0.2) is 0 Å². The van der Waals surface area contributed by atoms with Gasteiger partial charge >= 0.3 is 12.0 Å². The third-order valence-corrected chi connectivity index (χ3v) is 5.30. The summed E-state index contributed by atoms with van der Waals surface area (Å²) in [4.78, 5) is 23.6. The molecule has 1 aliphatic carbocycles. The number of amides is 2. The molecule has 1 heterocycles. The van der Waals surface area contributed by atoms with E-state index in [2.05, 4.69) is 10.6 Å². The van der Waals surface area contributed by atoms with Gasteiger partial charge in [-0.1, -0.05) is 48.5 Å². The Kier molecular flexibility index (Phi) is 5.02. The maximum absolute atomic E-state index is 12.3. The molecule has 2 amide bonds. The molecule has 3 aromatic rings. The van der Waals surface area contributed by atoms with Crippen molar-refractivity contribution >= 4 is 22.9 Å². The minimum absolute atomic E-state index is 0.0346. The summed E-state index contributed by atoms with van der Waals surface area (Å²) in [6, 6.07) is 17.6. The van der Waals surface area contributed by atoms with Crippen molar-refractivity contribution in [3.63, 3.8) is 0 Å². The van der Waals surface area contributed by atoms with E-state index in [0.717, 1.165) is 40.6 Å². The molecule has 4 rings (SSSR count). The molecule has 144 valence electrons. The van der Waals surface area contributed by atoms with Gasteiger partial charge in [0.1, 0.15) is 6.54 Å². The van der Waals surface area contributed by atoms with E-state index < -0.39 is 5.97 Å². The number of para-hydroxylation sites is 1. The molecule has 0 spiro atoms. The number of aliphatic carboxylic acids is 1. The highest BCUT2D eigenvalue weighted by molar-refractivity contribution is 5.87. The first-order valence-corrected chi connectivity index (χ1v) is 9.51. The van der Waals surface area contributed by atoms with E-state index in [0.29, 0.717) is 13.0 Å². The van der Waals surface area contributed by atoms with Crippen LogP contribution in [0.5, 0.6) is 0 Å². The van der Waals surface area contributed by atoms with Crippen molar-refractivity contribution in [3.8, 4) is 0 Å². The van der Waals surface area contributed by atoms with E-state index in [1.54, 1.807) is 0 Å². The van der Waals surface area contributed by atoms with Gasteiger partial charge in [-0.15, -0.1) is 0 Å². The molecule has 0 bridgehead atoms. The number of carboxylic acids is 1. The largest absolute Gasteiger partial charge is 0.480 e. The zero-order valence-corrected chi connectivity index (χ0v) is 15.5. The Labute approximate surface area is 163 Å². The fourth-order valence-corrected chi connectivity index (χ4v) is 4.05. The Morgan fingerprint density at radius 1 is 1.07 bits per heavy atom. The molecule has 0 aliphatic heterocycles. The highest BCUT2D eigenvalue weighted by atomic mass is 16.4. The summed E-state index contributed by atoms with van der Waals surface area (Å²) < 4.78 is 1.90. The van der Waals surface area contributed by atoms with Crippen LogP contribution in [-0.4, -0.2) is 27.7 Å². The number of nitrogens with zero attached hydrogens (tertiary/aromatic N) is 1. The van der Waals surface area contributed by atoms with Gasteiger partial charge in [0.05, 0.1) is 0 Å². The monoisotopic (exact) mass is 377 g/mol. The average molecular weight is 377 g/mol. The van der Waals surface area contributed by atoms with Gasteiger partial charge in [-0.3, -0.25) is 4.79 Å². The SMILES string of the molecule is O=C(O)Cn1c2c(c3ccccc31)CC(NC(=O)NCc1ccccc1)CC2. The Morgan fingerprint density at radius 2 is 1.82 bits per heavy atom. The number of carbonyl (C=O) groups is 2. The maximum atomic E-state index is 12.3. The average Bonchev–Trinajstić information content (AvgIpc) is 3.00. The van der Waals surface area contributed by atoms with E-state index in [1.807, 2.05) is 59.2 Å². The second kappa shape index (κ2) is 7.76. The summed E-state index contributed by atoms with van der Waals surface area (Å²) in [6.07, 6.45) is 2.25. The Hall–Kier alpha value is -3.28. The molecule has 0 fully saturated rings. The first-order chi connectivity index (χ1) is 13.6. The van der Waals surface area contributed by atoms with E-state index in [1.165, 1.54) is 0 Å². The third kappa shape index (κ3) is 3.71. The predicted octanol–water partition coefficient (Wildman–Crippen LogP) is 3.08. The summed E-state index contributed by atoms with van der Waals surface area (Å²) in [5, 5.41) is 16.3. The minimum atomic E-state index is -0.843. The molecule has 0 radical (unpaired) electrons. The van der Waals surface area contributed by atoms with Crippen LogP contribution in [-0.2, 0) is 30.7 Å². The molecular weight excluding hydrogens is 354 g/mol. The van der Waals surface area contributed by atoms with Crippen LogP contribution in [0.4, 0.5) is 4.79 Å². The van der Waals surface area contributed by atoms with Crippen molar-refractivity contribution in [1.29, 1.82) is 0 Å². The molecule has 1 unspecified atom stereocenters. The molecule has 6 nitrogen and oxygen atoms in total. The number of nitrogens with one attached hydrogen (secondary N) is 2. The molecule has 6 heteroatoms. The van der Waals surface area contributed by atoms with Crippen molar-refractivity contribution < 1.29 is 14.7 Å². The molecule has 28 heavy (non-hydrogen) atoms. The van der Waals surface area contributed by atoms with E-state index in [9.17, 15) is 14.7 Å². The van der Waals surface area contributed by atoms with Crippen LogP contribution >= 0.6 is 0 Å². The lowest BCUT2D eigenvalue weighted by Crippen LogP contribution is -2.44. The maximum Gasteiger partial charge on any atom is 0.323 e. The van der Waals surface area contributed by atoms with Crippen LogP contribution in [0.3, 0.4) is 0 Å². The lowest BCUT2D eigenvalue weighted by atomic mass is 9.91. The summed E-state index contributed by atoms with van der Waals surface area (Å²) in [5.74, 6) is -0.843. The lowest BCUT2D eigenvalue weighted by molar-refractivity contribution is -0.137. The number of benzene rings is 2. The summed E-state index contributed by atoms with van der Waals surface area (Å²) in [6.45, 7) is 0.452. The van der Waals surface area contributed by atoms with Crippen molar-refractivity contribution in [3.05, 3.63) is 71.4 Å². The van der Waals surface area contributed by atoms with Crippen molar-refractivity contribution in [2.75, 3.05) is 0 Å². The zero-order chi connectivity index (χ0) is 19.5. The van der Waals surface area contributed by atoms with Gasteiger partial charge in [-0.05, 0) is 36.5 Å². The zero-order valence-electron chi connectivity index (χ0n) is 15.5. The molecule has 1 aliphatic rings. The highest BCUT2D eigenvalue weighted by Gasteiger charge is 2.26. The molecule has 1 aromatic heterocycles. The van der Waals surface area contributed by atoms with Crippen LogP contribution in [0, 0.1) is 0 Å². The van der Waals surface area contributed by atoms with Crippen molar-refractivity contribution in [2.24, 2.45) is 0 Å². The van der Waals surface area contributed by atoms with Gasteiger partial charge in [-0.2, -0.15) is 0 Å². The topological polar surface area (TPSA) is 83.4 Å². The van der Waals surface area contributed by atoms with Gasteiger partial charge < -0.3 is 20.3 Å². The number of carbonyl (C=O) groups excluding carboxylic acids is 1. The fraction of sp³-hybridized carbons (Fsp3) is 0.273. The molecule has 0 saturated heterocycles. The fourth-order valence-electron chi connectivity index (χ4n) is 4.05. The Balaban J connectivity index is 1.47. The van der Waals surface area contributed by atoms with E-state index >= 15 is 0 Å². The van der Waals surface area contributed by atoms with Crippen LogP contribution in [0.1, 0.15) is 23.2 Å². The first-order valence-electron chi connectivity index (χ1n) is 9.51. The summed E-state index contributed by atoms with van der Waals surface area (Å²) in [7, 11) is 0. The third-order valence-electron chi connectivity index (χ3n) is 5.30. The number of hydrogen-bond acceptors (Lipinski definition) is 2. The van der Waals surface area contributed by atoms with E-state index in [4.69, 9.17) is 0 Å². The van der Waals surface area contributed by atoms with Gasteiger partial charge in [0, 0.05) is 29.2 Å². The normalized spacial score (nSPS) is 15.8. The number of aromatic nitrogens is 1. The predicted molar refractivity (Wildman–Crippen MR) is 107 cm³/mol. The van der Waals surface area contributed by atoms with E-state index in [-0.39, 0.29) is 18.6 Å². The second-order valence-corrected chi connectivity index (χ2v) is 7.17. The number of fused-ring (bicyclic) bond motifs is 3. The number of carboxylic acid groups (broad SMARTS) is 1. The smallest absolute Gasteiger partial charge is 0.323 e. The van der Waals surface area contributed by atoms with Gasteiger partial charge in [0.25, 0.3) is 0 Å². The number of rotatable bonds is 5. The summed E-state index contributed by atoms with van der Waals surface area (Å²) in [5.41, 5.74) is 4.23. The standard InChI is InChI=1S/C22H23N3O3/c26-21(27)14-25-19-9-5-4-8-17(19)18-12-16(10-11-20(18)25)24-22(28)23-13-15-6-2-1-3-7-15/h1-9,16H,10-14H2,(H,26,27)(H2,23,24,28). The number of urea groups is 1. The van der Waals surface area contributed by atoms with Crippen LogP contribution in [0.25, 0.3) is 10.9 Å². The van der Waals surface area contributed by atoms with Crippen molar-refractivity contribution in [2.45, 2.75) is 38.4 Å². The van der Waals surface area contributed by atoms with Crippen LogP contribution < -0.4 is 10.6 Å². The summed E-state index contributed by atoms with van der Waals surface area (Å²) >= 11 is 0. The molecule has 1 atom stereocenters. The molecule has 0 saturated carbocycles. The van der Waals surface area contributed by atoms with Crippen LogP contribution in [0.2, 0.25) is 0 Å². The number of hydrogen-bond donors (Lipinski definition) is 3. The molecular formula is C22H23N3O3. The second-order valence-electron chi connectivity index (χ2n) is 7.17. The van der Waals surface area contributed by atoms with Crippen molar-refractivity contribution in [1.82, 2.24) is 15.2 Å². The molecule has 2 aromatic carbocycles. The van der Waals surface area contributed by atoms with Gasteiger partial charge in [-0.25, -0.2) is 4.79 Å². The highest BCUT2D eigenvalue weighted by Crippen LogP contribution is 2.32. The lowest BCUT2D eigenvalue weighted by Gasteiger charge is -2.25. The Bertz CT molecular complexity index is 1010. The minimum Gasteiger partial charge on any atom is -0.480 e. The van der Waals surface area contributed by atoms with Crippen LogP contribution in [0.15, 0.2) is 54.6 Å². The molecule has 3 N–H and O–H groups in total. The quantitative estimate of drug-likeness (QED) is 0.639.